The van der Waals surface area contributed by atoms with Gasteiger partial charge in [0.2, 0.25) is 0 Å². The van der Waals surface area contributed by atoms with Gasteiger partial charge in [-0.2, -0.15) is 0 Å². The first-order valence-corrected chi connectivity index (χ1v) is 4.92. The molecular formula is C13H18. The molecule has 0 radical (unpaired) electrons. The maximum atomic E-state index is 3.82. The smallest absolute Gasteiger partial charge is 0.0230 e. The van der Waals surface area contributed by atoms with Crippen molar-refractivity contribution in [2.45, 2.75) is 33.6 Å². The minimum absolute atomic E-state index is 1.18. The summed E-state index contributed by atoms with van der Waals surface area (Å²) in [5.41, 5.74) is 5.58. The summed E-state index contributed by atoms with van der Waals surface area (Å²) in [5.74, 6) is 0. The average molecular weight is 174 g/mol. The lowest BCUT2D eigenvalue weighted by Gasteiger charge is -2.11. The molecule has 1 aromatic rings. The second-order valence-corrected chi connectivity index (χ2v) is 3.53. The summed E-state index contributed by atoms with van der Waals surface area (Å²) < 4.78 is 0. The molecule has 0 saturated carbocycles. The Morgan fingerprint density at radius 3 is 2.54 bits per heavy atom. The monoisotopic (exact) mass is 174 g/mol. The largest absolute Gasteiger partial charge is 0.0985 e. The Morgan fingerprint density at radius 2 is 2.00 bits per heavy atom. The van der Waals surface area contributed by atoms with Gasteiger partial charge in [-0.3, -0.25) is 0 Å². The Labute approximate surface area is 81.3 Å². The second-order valence-electron chi connectivity index (χ2n) is 3.53. The molecule has 0 aromatic heterocycles. The van der Waals surface area contributed by atoms with E-state index in [4.69, 9.17) is 0 Å². The zero-order valence-electron chi connectivity index (χ0n) is 8.85. The fraction of sp³-hybridized carbons (Fsp3) is 0.385. The predicted octanol–water partition coefficient (Wildman–Crippen LogP) is 3.90. The van der Waals surface area contributed by atoms with E-state index in [0.29, 0.717) is 0 Å². The SMILES string of the molecule is C=Cc1ccc(C)c(CCC)c1C. The molecule has 0 unspecified atom stereocenters. The van der Waals surface area contributed by atoms with Gasteiger partial charge in [0.05, 0.1) is 0 Å². The van der Waals surface area contributed by atoms with Crippen molar-refractivity contribution in [3.63, 3.8) is 0 Å². The molecule has 0 heteroatoms. The zero-order valence-corrected chi connectivity index (χ0v) is 8.85. The summed E-state index contributed by atoms with van der Waals surface area (Å²) in [7, 11) is 0. The maximum absolute atomic E-state index is 3.82. The summed E-state index contributed by atoms with van der Waals surface area (Å²) in [6.07, 6.45) is 4.33. The van der Waals surface area contributed by atoms with E-state index in [2.05, 4.69) is 39.5 Å². The van der Waals surface area contributed by atoms with Crippen molar-refractivity contribution in [1.29, 1.82) is 0 Å². The highest BCUT2D eigenvalue weighted by atomic mass is 14.1. The van der Waals surface area contributed by atoms with Crippen LogP contribution in [0.1, 0.15) is 35.6 Å². The molecule has 0 aliphatic rings. The molecule has 0 fully saturated rings. The maximum Gasteiger partial charge on any atom is -0.0230 e. The third-order valence-electron chi connectivity index (χ3n) is 2.59. The molecule has 1 aromatic carbocycles. The lowest BCUT2D eigenvalue weighted by atomic mass is 9.95. The summed E-state index contributed by atoms with van der Waals surface area (Å²) in [5, 5.41) is 0. The number of rotatable bonds is 3. The van der Waals surface area contributed by atoms with Crippen LogP contribution in [0.3, 0.4) is 0 Å². The van der Waals surface area contributed by atoms with Crippen LogP contribution in [-0.4, -0.2) is 0 Å². The van der Waals surface area contributed by atoms with Crippen molar-refractivity contribution in [3.8, 4) is 0 Å². The lowest BCUT2D eigenvalue weighted by molar-refractivity contribution is 0.902. The molecule has 0 aliphatic heterocycles. The van der Waals surface area contributed by atoms with Crippen LogP contribution < -0.4 is 0 Å². The van der Waals surface area contributed by atoms with Crippen LogP contribution >= 0.6 is 0 Å². The highest BCUT2D eigenvalue weighted by Crippen LogP contribution is 2.20. The standard InChI is InChI=1S/C13H18/c1-5-7-13-10(3)8-9-12(6-2)11(13)4/h6,8-9H,2,5,7H2,1,3-4H3. The highest BCUT2D eigenvalue weighted by Gasteiger charge is 2.03. The first-order valence-electron chi connectivity index (χ1n) is 4.92. The van der Waals surface area contributed by atoms with Crippen molar-refractivity contribution >= 4 is 6.08 Å². The Kier molecular flexibility index (Phi) is 3.30. The van der Waals surface area contributed by atoms with Crippen molar-refractivity contribution < 1.29 is 0 Å². The number of hydrogen-bond donors (Lipinski definition) is 0. The molecule has 0 saturated heterocycles. The topological polar surface area (TPSA) is 0 Å². The van der Waals surface area contributed by atoms with Gasteiger partial charge in [0.25, 0.3) is 0 Å². The first-order chi connectivity index (χ1) is 6.20. The van der Waals surface area contributed by atoms with Crippen LogP contribution in [0.2, 0.25) is 0 Å². The van der Waals surface area contributed by atoms with E-state index < -0.39 is 0 Å². The molecule has 1 rings (SSSR count). The molecule has 0 atom stereocenters. The summed E-state index contributed by atoms with van der Waals surface area (Å²) in [4.78, 5) is 0. The number of aryl methyl sites for hydroxylation is 1. The predicted molar refractivity (Wildman–Crippen MR) is 60.0 cm³/mol. The summed E-state index contributed by atoms with van der Waals surface area (Å²) in [6.45, 7) is 10.4. The highest BCUT2D eigenvalue weighted by molar-refractivity contribution is 5.55. The van der Waals surface area contributed by atoms with Gasteiger partial charge in [-0.1, -0.05) is 38.1 Å². The minimum Gasteiger partial charge on any atom is -0.0985 e. The molecule has 0 heterocycles. The van der Waals surface area contributed by atoms with Crippen molar-refractivity contribution in [1.82, 2.24) is 0 Å². The second kappa shape index (κ2) is 4.27. The van der Waals surface area contributed by atoms with Crippen LogP contribution in [0.25, 0.3) is 6.08 Å². The van der Waals surface area contributed by atoms with Crippen LogP contribution in [0.15, 0.2) is 18.7 Å². The van der Waals surface area contributed by atoms with Gasteiger partial charge in [-0.05, 0) is 42.5 Å². The normalized spacial score (nSPS) is 10.1. The third-order valence-corrected chi connectivity index (χ3v) is 2.59. The zero-order chi connectivity index (χ0) is 9.84. The molecule has 0 amide bonds. The Bertz CT molecular complexity index is 308. The van der Waals surface area contributed by atoms with E-state index in [1.807, 2.05) is 6.08 Å². The summed E-state index contributed by atoms with van der Waals surface area (Å²) >= 11 is 0. The van der Waals surface area contributed by atoms with Crippen molar-refractivity contribution in [2.24, 2.45) is 0 Å². The van der Waals surface area contributed by atoms with Gasteiger partial charge in [-0.15, -0.1) is 0 Å². The van der Waals surface area contributed by atoms with Gasteiger partial charge >= 0.3 is 0 Å². The van der Waals surface area contributed by atoms with Gasteiger partial charge in [-0.25, -0.2) is 0 Å². The van der Waals surface area contributed by atoms with Crippen LogP contribution in [-0.2, 0) is 6.42 Å². The number of benzene rings is 1. The Morgan fingerprint density at radius 1 is 1.31 bits per heavy atom. The lowest BCUT2D eigenvalue weighted by Crippen LogP contribution is -1.95. The molecule has 0 spiro atoms. The quantitative estimate of drug-likeness (QED) is 0.652. The summed E-state index contributed by atoms with van der Waals surface area (Å²) in [6, 6.07) is 4.34. The Hall–Kier alpha value is -1.04. The average Bonchev–Trinajstić information content (AvgIpc) is 2.12. The van der Waals surface area contributed by atoms with E-state index in [-0.39, 0.29) is 0 Å². The van der Waals surface area contributed by atoms with Crippen LogP contribution in [0, 0.1) is 13.8 Å². The molecule has 0 N–H and O–H groups in total. The molecule has 0 bridgehead atoms. The van der Waals surface area contributed by atoms with Gasteiger partial charge in [0.1, 0.15) is 0 Å². The fourth-order valence-electron chi connectivity index (χ4n) is 1.77. The van der Waals surface area contributed by atoms with E-state index in [9.17, 15) is 0 Å². The van der Waals surface area contributed by atoms with E-state index in [1.54, 1.807) is 0 Å². The van der Waals surface area contributed by atoms with Crippen LogP contribution in [0.5, 0.6) is 0 Å². The molecule has 70 valence electrons. The molecular weight excluding hydrogens is 156 g/mol. The van der Waals surface area contributed by atoms with Crippen LogP contribution in [0.4, 0.5) is 0 Å². The Balaban J connectivity index is 3.21. The van der Waals surface area contributed by atoms with Crippen molar-refractivity contribution in [3.05, 3.63) is 41.0 Å². The van der Waals surface area contributed by atoms with E-state index in [1.165, 1.54) is 35.1 Å². The van der Waals surface area contributed by atoms with Crippen molar-refractivity contribution in [2.75, 3.05) is 0 Å². The third kappa shape index (κ3) is 2.00. The first kappa shape index (κ1) is 10.0. The number of hydrogen-bond acceptors (Lipinski definition) is 0. The molecule has 13 heavy (non-hydrogen) atoms. The van der Waals surface area contributed by atoms with E-state index >= 15 is 0 Å². The fourth-order valence-corrected chi connectivity index (χ4v) is 1.77. The molecule has 0 nitrogen and oxygen atoms in total. The molecule has 0 aliphatic carbocycles. The van der Waals surface area contributed by atoms with Gasteiger partial charge < -0.3 is 0 Å². The van der Waals surface area contributed by atoms with Gasteiger partial charge in [0.15, 0.2) is 0 Å². The van der Waals surface area contributed by atoms with E-state index in [0.717, 1.165) is 0 Å². The minimum atomic E-state index is 1.18. The van der Waals surface area contributed by atoms with Gasteiger partial charge in [0, 0.05) is 0 Å².